The van der Waals surface area contributed by atoms with Crippen LogP contribution in [0.1, 0.15) is 62.1 Å². The van der Waals surface area contributed by atoms with E-state index in [9.17, 15) is 40.3 Å². The second kappa shape index (κ2) is 10.1. The number of sulfone groups is 1. The van der Waals surface area contributed by atoms with Crippen molar-refractivity contribution in [3.8, 4) is 0 Å². The van der Waals surface area contributed by atoms with E-state index in [1.807, 2.05) is 11.9 Å². The summed E-state index contributed by atoms with van der Waals surface area (Å²) in [6.07, 6.45) is -3.71. The molecule has 2 aromatic rings. The van der Waals surface area contributed by atoms with Gasteiger partial charge in [0, 0.05) is 19.5 Å². The van der Waals surface area contributed by atoms with Gasteiger partial charge in [-0.25, -0.2) is 17.2 Å². The van der Waals surface area contributed by atoms with Crippen LogP contribution in [0.15, 0.2) is 47.4 Å². The van der Waals surface area contributed by atoms with E-state index in [1.54, 1.807) is 0 Å². The summed E-state index contributed by atoms with van der Waals surface area (Å²) in [6.45, 7) is 1.55. The number of rotatable bonds is 6. The molecule has 5 rings (SSSR count). The van der Waals surface area contributed by atoms with Gasteiger partial charge in [0.15, 0.2) is 15.6 Å². The summed E-state index contributed by atoms with van der Waals surface area (Å²) in [4.78, 5) is 15.3. The molecule has 1 N–H and O–H groups in total. The number of hydrogen-bond acceptors (Lipinski definition) is 5. The number of aryl methyl sites for hydroxylation is 1. The number of carbonyl (C=O) groups excluding carboxylic acids is 1. The number of aliphatic hydroxyl groups is 1. The van der Waals surface area contributed by atoms with Crippen LogP contribution in [0.25, 0.3) is 0 Å². The third-order valence-corrected chi connectivity index (χ3v) is 12.4. The largest absolute Gasteiger partial charge is 0.426 e. The monoisotopic (exact) mass is 599 g/mol. The highest BCUT2D eigenvalue weighted by Gasteiger charge is 2.61. The summed E-state index contributed by atoms with van der Waals surface area (Å²) in [6, 6.07) is 7.80. The minimum absolute atomic E-state index is 0.0182. The number of piperidine rings is 1. The molecule has 0 spiro atoms. The van der Waals surface area contributed by atoms with Gasteiger partial charge >= 0.3 is 6.18 Å². The van der Waals surface area contributed by atoms with E-state index in [1.165, 1.54) is 18.2 Å². The van der Waals surface area contributed by atoms with Crippen molar-refractivity contribution in [2.45, 2.75) is 79.0 Å². The molecule has 3 aliphatic rings. The standard InChI is InChI=1S/C30H34F5NO4S/c1-27(32,30(33,34)35)21-4-10-25-19(17-21)3-9-24-20(18-26(37)28(38)13-15-36(2)16-14-28)11-12-29(24,25)41(39,40)23-7-5-22(31)6-8-23/h4-8,10,17,20,24,38H,3,9,11-16,18H2,1-2H3/t20-,24-,27?,29-/m0/s1. The summed E-state index contributed by atoms with van der Waals surface area (Å²) in [7, 11) is -2.34. The van der Waals surface area contributed by atoms with Gasteiger partial charge in [-0.3, -0.25) is 4.79 Å². The van der Waals surface area contributed by atoms with Gasteiger partial charge in [-0.05, 0) is 105 Å². The van der Waals surface area contributed by atoms with Crippen molar-refractivity contribution in [1.82, 2.24) is 4.90 Å². The second-order valence-corrected chi connectivity index (χ2v) is 14.3. The van der Waals surface area contributed by atoms with E-state index in [0.717, 1.165) is 24.3 Å². The molecule has 11 heteroatoms. The lowest BCUT2D eigenvalue weighted by molar-refractivity contribution is -0.228. The summed E-state index contributed by atoms with van der Waals surface area (Å²) < 4.78 is 96.4. The van der Waals surface area contributed by atoms with Gasteiger partial charge < -0.3 is 10.0 Å². The van der Waals surface area contributed by atoms with Crippen LogP contribution in [-0.4, -0.2) is 56.1 Å². The first-order valence-electron chi connectivity index (χ1n) is 13.9. The smallest absolute Gasteiger partial charge is 0.382 e. The van der Waals surface area contributed by atoms with Gasteiger partial charge in [-0.2, -0.15) is 13.2 Å². The van der Waals surface area contributed by atoms with Gasteiger partial charge in [-0.1, -0.05) is 18.2 Å². The van der Waals surface area contributed by atoms with E-state index in [4.69, 9.17) is 0 Å². The molecule has 5 nitrogen and oxygen atoms in total. The van der Waals surface area contributed by atoms with Crippen LogP contribution in [0.5, 0.6) is 0 Å². The molecule has 1 saturated carbocycles. The van der Waals surface area contributed by atoms with Crippen molar-refractivity contribution < 1.29 is 40.3 Å². The number of ketones is 1. The fourth-order valence-electron chi connectivity index (χ4n) is 7.19. The molecule has 2 fully saturated rings. The number of Topliss-reactive ketones (excluding diaryl/α,β-unsaturated/α-hetero) is 1. The van der Waals surface area contributed by atoms with E-state index >= 15 is 0 Å². The fraction of sp³-hybridized carbons (Fsp3) is 0.567. The first-order chi connectivity index (χ1) is 19.0. The molecule has 0 bridgehead atoms. The Labute approximate surface area is 236 Å². The van der Waals surface area contributed by atoms with Crippen molar-refractivity contribution in [3.05, 3.63) is 65.0 Å². The molecule has 2 aromatic carbocycles. The summed E-state index contributed by atoms with van der Waals surface area (Å²) in [5.41, 5.74) is -5.11. The second-order valence-electron chi connectivity index (χ2n) is 12.1. The molecule has 4 atom stereocenters. The Balaban J connectivity index is 1.58. The number of nitrogens with zero attached hydrogens (tertiary/aromatic N) is 1. The molecular weight excluding hydrogens is 565 g/mol. The molecule has 1 heterocycles. The maximum Gasteiger partial charge on any atom is 0.426 e. The normalized spacial score (nSPS) is 28.0. The van der Waals surface area contributed by atoms with Crippen molar-refractivity contribution in [2.24, 2.45) is 11.8 Å². The molecule has 41 heavy (non-hydrogen) atoms. The molecule has 1 unspecified atom stereocenters. The molecule has 1 aliphatic heterocycles. The molecule has 2 aliphatic carbocycles. The van der Waals surface area contributed by atoms with Gasteiger partial charge in [0.25, 0.3) is 0 Å². The van der Waals surface area contributed by atoms with E-state index in [-0.39, 0.29) is 49.2 Å². The average Bonchev–Trinajstić information content (AvgIpc) is 3.30. The zero-order valence-electron chi connectivity index (χ0n) is 23.0. The first kappa shape index (κ1) is 30.1. The van der Waals surface area contributed by atoms with Crippen molar-refractivity contribution in [3.63, 3.8) is 0 Å². The predicted molar refractivity (Wildman–Crippen MR) is 142 cm³/mol. The third-order valence-electron chi connectivity index (χ3n) is 9.80. The highest BCUT2D eigenvalue weighted by atomic mass is 32.2. The van der Waals surface area contributed by atoms with Crippen LogP contribution < -0.4 is 0 Å². The van der Waals surface area contributed by atoms with E-state index < -0.39 is 55.2 Å². The Morgan fingerprint density at radius 2 is 1.66 bits per heavy atom. The van der Waals surface area contributed by atoms with E-state index in [0.29, 0.717) is 37.6 Å². The number of fused-ring (bicyclic) bond motifs is 3. The lowest BCUT2D eigenvalue weighted by Gasteiger charge is -2.43. The SMILES string of the molecule is CN1CCC(O)(C(=O)C[C@@H]2CC[C@@]3(S(=O)(=O)c4ccc(F)cc4)c4ccc(C(C)(F)C(F)(F)F)cc4CC[C@@H]23)CC1. The maximum atomic E-state index is 14.9. The number of likely N-dealkylation sites (tertiary alicyclic amines) is 1. The zero-order valence-corrected chi connectivity index (χ0v) is 23.8. The zero-order chi connectivity index (χ0) is 30.0. The van der Waals surface area contributed by atoms with Crippen LogP contribution in [0.2, 0.25) is 0 Å². The number of benzene rings is 2. The van der Waals surface area contributed by atoms with Crippen molar-refractivity contribution in [1.29, 1.82) is 0 Å². The minimum atomic E-state index is -5.16. The molecule has 1 saturated heterocycles. The molecule has 224 valence electrons. The van der Waals surface area contributed by atoms with Gasteiger partial charge in [-0.15, -0.1) is 0 Å². The Kier molecular flexibility index (Phi) is 7.43. The highest BCUT2D eigenvalue weighted by Crippen LogP contribution is 2.60. The van der Waals surface area contributed by atoms with Crippen LogP contribution in [0.4, 0.5) is 22.0 Å². The van der Waals surface area contributed by atoms with Crippen molar-refractivity contribution >= 4 is 15.6 Å². The van der Waals surface area contributed by atoms with Crippen LogP contribution in [0.3, 0.4) is 0 Å². The summed E-state index contributed by atoms with van der Waals surface area (Å²) in [5.74, 6) is -1.92. The molecular formula is C30H34F5NO4S. The fourth-order valence-corrected chi connectivity index (χ4v) is 9.69. The molecule has 0 amide bonds. The van der Waals surface area contributed by atoms with Crippen LogP contribution >= 0.6 is 0 Å². The number of hydrogen-bond donors (Lipinski definition) is 1. The first-order valence-corrected chi connectivity index (χ1v) is 15.4. The average molecular weight is 600 g/mol. The maximum absolute atomic E-state index is 14.9. The summed E-state index contributed by atoms with van der Waals surface area (Å²) in [5, 5.41) is 11.1. The quantitative estimate of drug-likeness (QED) is 0.344. The van der Waals surface area contributed by atoms with E-state index in [2.05, 4.69) is 0 Å². The third kappa shape index (κ3) is 4.81. The van der Waals surface area contributed by atoms with Crippen LogP contribution in [-0.2, 0) is 31.5 Å². The number of alkyl halides is 4. The van der Waals surface area contributed by atoms with Gasteiger partial charge in [0.2, 0.25) is 5.67 Å². The Hall–Kier alpha value is -2.37. The number of halogens is 5. The highest BCUT2D eigenvalue weighted by molar-refractivity contribution is 7.92. The Morgan fingerprint density at radius 1 is 1.02 bits per heavy atom. The Morgan fingerprint density at radius 3 is 2.27 bits per heavy atom. The van der Waals surface area contributed by atoms with Crippen molar-refractivity contribution in [2.75, 3.05) is 20.1 Å². The lowest BCUT2D eigenvalue weighted by atomic mass is 9.71. The molecule has 0 radical (unpaired) electrons. The Bertz CT molecular complexity index is 1430. The minimum Gasteiger partial charge on any atom is -0.382 e. The topological polar surface area (TPSA) is 74.7 Å². The molecule has 0 aromatic heterocycles. The summed E-state index contributed by atoms with van der Waals surface area (Å²) >= 11 is 0. The lowest BCUT2D eigenvalue weighted by Crippen LogP contribution is -2.49. The predicted octanol–water partition coefficient (Wildman–Crippen LogP) is 5.63. The van der Waals surface area contributed by atoms with Crippen LogP contribution in [0, 0.1) is 17.7 Å². The van der Waals surface area contributed by atoms with Gasteiger partial charge in [0.05, 0.1) is 4.90 Å². The number of carbonyl (C=O) groups is 1. The van der Waals surface area contributed by atoms with Gasteiger partial charge in [0.1, 0.15) is 16.2 Å².